The Morgan fingerprint density at radius 3 is 2.85 bits per heavy atom. The fraction of sp³-hybridized carbons (Fsp3) is 0.368. The minimum atomic E-state index is 0.286. The van der Waals surface area contributed by atoms with Crippen LogP contribution in [-0.2, 0) is 6.54 Å². The van der Waals surface area contributed by atoms with E-state index >= 15 is 0 Å². The van der Waals surface area contributed by atoms with Crippen molar-refractivity contribution < 1.29 is 18.4 Å². The number of methoxy groups -OCH3 is 2. The van der Waals surface area contributed by atoms with E-state index in [0.717, 1.165) is 30.9 Å². The number of likely N-dealkylation sites (tertiary alicyclic amines) is 1. The van der Waals surface area contributed by atoms with E-state index in [1.807, 2.05) is 18.2 Å². The van der Waals surface area contributed by atoms with Crippen molar-refractivity contribution in [3.05, 3.63) is 48.0 Å². The molecule has 0 amide bonds. The van der Waals surface area contributed by atoms with Crippen molar-refractivity contribution in [1.29, 1.82) is 0 Å². The molecule has 3 aromatic rings. The summed E-state index contributed by atoms with van der Waals surface area (Å²) in [5, 5.41) is 4.01. The lowest BCUT2D eigenvalue weighted by Crippen LogP contribution is -2.23. The number of rotatable bonds is 6. The van der Waals surface area contributed by atoms with Crippen LogP contribution in [0.5, 0.6) is 11.5 Å². The molecular weight excluding hydrogens is 334 g/mol. The quantitative estimate of drug-likeness (QED) is 0.667. The fourth-order valence-corrected chi connectivity index (χ4v) is 3.45. The minimum Gasteiger partial charge on any atom is -0.493 e. The third-order valence-corrected chi connectivity index (χ3v) is 4.70. The second kappa shape index (κ2) is 7.21. The van der Waals surface area contributed by atoms with Gasteiger partial charge in [0.15, 0.2) is 17.3 Å². The van der Waals surface area contributed by atoms with Crippen LogP contribution in [0.2, 0.25) is 0 Å². The van der Waals surface area contributed by atoms with Crippen LogP contribution in [0.25, 0.3) is 11.6 Å². The van der Waals surface area contributed by atoms with Gasteiger partial charge in [0, 0.05) is 6.04 Å². The first kappa shape index (κ1) is 16.7. The Morgan fingerprint density at radius 1 is 1.19 bits per heavy atom. The standard InChI is InChI=1S/C19H21N3O4/c1-23-15-8-7-13(11-17(15)24-2)14-5-3-9-22(14)12-18-20-19(21-26-18)16-6-4-10-25-16/h4,6-8,10-11,14H,3,5,9,12H2,1-2H3. The molecule has 1 saturated heterocycles. The molecule has 3 heterocycles. The first-order chi connectivity index (χ1) is 12.8. The molecule has 26 heavy (non-hydrogen) atoms. The maximum absolute atomic E-state index is 5.44. The second-order valence-electron chi connectivity index (χ2n) is 6.23. The number of aromatic nitrogens is 2. The Balaban J connectivity index is 1.52. The molecule has 0 aliphatic carbocycles. The molecule has 1 atom stereocenters. The van der Waals surface area contributed by atoms with Crippen molar-refractivity contribution in [2.24, 2.45) is 0 Å². The highest BCUT2D eigenvalue weighted by molar-refractivity contribution is 5.45. The third-order valence-electron chi connectivity index (χ3n) is 4.70. The molecule has 0 N–H and O–H groups in total. The van der Waals surface area contributed by atoms with Crippen molar-refractivity contribution >= 4 is 0 Å². The second-order valence-corrected chi connectivity index (χ2v) is 6.23. The molecule has 2 aromatic heterocycles. The van der Waals surface area contributed by atoms with Gasteiger partial charge >= 0.3 is 0 Å². The van der Waals surface area contributed by atoms with Gasteiger partial charge in [0.25, 0.3) is 0 Å². The summed E-state index contributed by atoms with van der Waals surface area (Å²) in [7, 11) is 3.30. The highest BCUT2D eigenvalue weighted by atomic mass is 16.5. The van der Waals surface area contributed by atoms with Gasteiger partial charge in [-0.15, -0.1) is 0 Å². The van der Waals surface area contributed by atoms with Gasteiger partial charge in [-0.05, 0) is 49.2 Å². The van der Waals surface area contributed by atoms with Gasteiger partial charge in [0.05, 0.1) is 27.0 Å². The predicted octanol–water partition coefficient (Wildman–Crippen LogP) is 3.68. The maximum Gasteiger partial charge on any atom is 0.241 e. The van der Waals surface area contributed by atoms with Crippen molar-refractivity contribution in [1.82, 2.24) is 15.0 Å². The highest BCUT2D eigenvalue weighted by Crippen LogP contribution is 2.37. The molecule has 0 saturated carbocycles. The van der Waals surface area contributed by atoms with Gasteiger partial charge in [-0.25, -0.2) is 0 Å². The fourth-order valence-electron chi connectivity index (χ4n) is 3.45. The molecular formula is C19H21N3O4. The summed E-state index contributed by atoms with van der Waals surface area (Å²) in [6.45, 7) is 1.59. The van der Waals surface area contributed by atoms with Crippen LogP contribution in [-0.4, -0.2) is 35.8 Å². The summed E-state index contributed by atoms with van der Waals surface area (Å²) in [6, 6.07) is 9.99. The zero-order valence-electron chi connectivity index (χ0n) is 14.8. The van der Waals surface area contributed by atoms with Crippen LogP contribution >= 0.6 is 0 Å². The topological polar surface area (TPSA) is 73.8 Å². The summed E-state index contributed by atoms with van der Waals surface area (Å²) in [5.74, 6) is 3.16. The predicted molar refractivity (Wildman–Crippen MR) is 93.9 cm³/mol. The Morgan fingerprint density at radius 2 is 2.08 bits per heavy atom. The van der Waals surface area contributed by atoms with Crippen molar-refractivity contribution in [2.45, 2.75) is 25.4 Å². The normalized spacial score (nSPS) is 17.5. The smallest absolute Gasteiger partial charge is 0.241 e. The average molecular weight is 355 g/mol. The van der Waals surface area contributed by atoms with E-state index in [9.17, 15) is 0 Å². The first-order valence-corrected chi connectivity index (χ1v) is 8.61. The molecule has 1 aliphatic rings. The number of hydrogen-bond donors (Lipinski definition) is 0. The lowest BCUT2D eigenvalue weighted by Gasteiger charge is -2.23. The zero-order valence-corrected chi connectivity index (χ0v) is 14.8. The summed E-state index contributed by atoms with van der Waals surface area (Å²) in [5.41, 5.74) is 1.20. The molecule has 1 fully saturated rings. The summed E-state index contributed by atoms with van der Waals surface area (Å²) in [6.07, 6.45) is 3.80. The van der Waals surface area contributed by atoms with E-state index in [4.69, 9.17) is 18.4 Å². The van der Waals surface area contributed by atoms with Crippen LogP contribution in [0.4, 0.5) is 0 Å². The molecule has 1 unspecified atom stereocenters. The molecule has 7 nitrogen and oxygen atoms in total. The van der Waals surface area contributed by atoms with Gasteiger partial charge in [0.1, 0.15) is 0 Å². The molecule has 1 aromatic carbocycles. The summed E-state index contributed by atoms with van der Waals surface area (Å²) in [4.78, 5) is 6.80. The van der Waals surface area contributed by atoms with Crippen LogP contribution in [0, 0.1) is 0 Å². The van der Waals surface area contributed by atoms with Gasteiger partial charge < -0.3 is 18.4 Å². The molecule has 0 radical (unpaired) electrons. The number of ether oxygens (including phenoxy) is 2. The lowest BCUT2D eigenvalue weighted by atomic mass is 10.0. The van der Waals surface area contributed by atoms with Gasteiger partial charge in [-0.3, -0.25) is 4.90 Å². The van der Waals surface area contributed by atoms with Gasteiger partial charge in [0.2, 0.25) is 11.7 Å². The Labute approximate surface area is 151 Å². The molecule has 136 valence electrons. The lowest BCUT2D eigenvalue weighted by molar-refractivity contribution is 0.212. The monoisotopic (exact) mass is 355 g/mol. The Bertz CT molecular complexity index is 860. The van der Waals surface area contributed by atoms with E-state index in [0.29, 0.717) is 24.0 Å². The zero-order chi connectivity index (χ0) is 17.9. The van der Waals surface area contributed by atoms with Crippen molar-refractivity contribution in [3.8, 4) is 23.1 Å². The molecule has 7 heteroatoms. The largest absolute Gasteiger partial charge is 0.493 e. The third kappa shape index (κ3) is 3.17. The van der Waals surface area contributed by atoms with Crippen LogP contribution in [0.3, 0.4) is 0 Å². The summed E-state index contributed by atoms with van der Waals surface area (Å²) >= 11 is 0. The molecule has 0 bridgehead atoms. The van der Waals surface area contributed by atoms with Crippen molar-refractivity contribution in [2.75, 3.05) is 20.8 Å². The number of nitrogens with zero attached hydrogens (tertiary/aromatic N) is 3. The van der Waals surface area contributed by atoms with E-state index in [2.05, 4.69) is 21.1 Å². The van der Waals surface area contributed by atoms with Crippen LogP contribution in [0.15, 0.2) is 45.5 Å². The number of hydrogen-bond acceptors (Lipinski definition) is 7. The van der Waals surface area contributed by atoms with Gasteiger partial charge in [-0.2, -0.15) is 4.98 Å². The maximum atomic E-state index is 5.44. The highest BCUT2D eigenvalue weighted by Gasteiger charge is 2.28. The van der Waals surface area contributed by atoms with Gasteiger partial charge in [-0.1, -0.05) is 11.2 Å². The molecule has 0 spiro atoms. The van der Waals surface area contributed by atoms with E-state index in [-0.39, 0.29) is 6.04 Å². The Kier molecular flexibility index (Phi) is 4.62. The number of furan rings is 1. The molecule has 1 aliphatic heterocycles. The van der Waals surface area contributed by atoms with E-state index in [1.165, 1.54) is 5.56 Å². The summed E-state index contributed by atoms with van der Waals surface area (Å²) < 4.78 is 21.5. The van der Waals surface area contributed by atoms with E-state index in [1.54, 1.807) is 26.5 Å². The average Bonchev–Trinajstić information content (AvgIpc) is 3.42. The first-order valence-electron chi connectivity index (χ1n) is 8.61. The van der Waals surface area contributed by atoms with Crippen molar-refractivity contribution in [3.63, 3.8) is 0 Å². The molecule has 4 rings (SSSR count). The number of benzene rings is 1. The SMILES string of the molecule is COc1ccc(C2CCCN2Cc2nc(-c3ccco3)no2)cc1OC. The minimum absolute atomic E-state index is 0.286. The van der Waals surface area contributed by atoms with Crippen LogP contribution in [0.1, 0.15) is 30.3 Å². The Hall–Kier alpha value is -2.80. The van der Waals surface area contributed by atoms with E-state index < -0.39 is 0 Å². The van der Waals surface area contributed by atoms with Crippen LogP contribution < -0.4 is 9.47 Å².